The first-order valence-corrected chi connectivity index (χ1v) is 5.95. The lowest BCUT2D eigenvalue weighted by Crippen LogP contribution is -2.04. The summed E-state index contributed by atoms with van der Waals surface area (Å²) >= 11 is 0. The van der Waals surface area contributed by atoms with Gasteiger partial charge in [-0.25, -0.2) is 15.0 Å². The molecule has 0 saturated heterocycles. The maximum atomic E-state index is 5.03. The van der Waals surface area contributed by atoms with Gasteiger partial charge < -0.3 is 10.1 Å². The van der Waals surface area contributed by atoms with Crippen LogP contribution in [-0.2, 0) is 0 Å². The topological polar surface area (TPSA) is 59.9 Å². The van der Waals surface area contributed by atoms with Crippen molar-refractivity contribution < 1.29 is 4.74 Å². The van der Waals surface area contributed by atoms with Gasteiger partial charge in [0.25, 0.3) is 0 Å². The number of nitrogens with one attached hydrogen (secondary N) is 1. The molecule has 1 fully saturated rings. The lowest BCUT2D eigenvalue weighted by atomic mass is 10.2. The van der Waals surface area contributed by atoms with E-state index < -0.39 is 0 Å². The Morgan fingerprint density at radius 3 is 2.78 bits per heavy atom. The van der Waals surface area contributed by atoms with Gasteiger partial charge in [0, 0.05) is 30.1 Å². The van der Waals surface area contributed by atoms with Gasteiger partial charge in [0.05, 0.1) is 7.11 Å². The quantitative estimate of drug-likeness (QED) is 0.889. The van der Waals surface area contributed by atoms with Crippen molar-refractivity contribution >= 4 is 5.82 Å². The number of methoxy groups -OCH3 is 1. The molecule has 1 aliphatic rings. The highest BCUT2D eigenvalue weighted by Gasteiger charge is 2.21. The summed E-state index contributed by atoms with van der Waals surface area (Å²) in [5.41, 5.74) is 0.884. The Morgan fingerprint density at radius 1 is 1.22 bits per heavy atom. The summed E-state index contributed by atoms with van der Waals surface area (Å²) in [5.74, 6) is 2.14. The number of anilines is 1. The van der Waals surface area contributed by atoms with Crippen molar-refractivity contribution in [1.29, 1.82) is 0 Å². The highest BCUT2D eigenvalue weighted by molar-refractivity contribution is 5.56. The molecule has 0 unspecified atom stereocenters. The summed E-state index contributed by atoms with van der Waals surface area (Å²) in [6.45, 7) is 0. The largest absolute Gasteiger partial charge is 0.481 e. The van der Waals surface area contributed by atoms with Gasteiger partial charge in [-0.15, -0.1) is 0 Å². The number of pyridine rings is 1. The first-order chi connectivity index (χ1) is 8.85. The molecule has 1 aliphatic carbocycles. The molecular weight excluding hydrogens is 228 g/mol. The highest BCUT2D eigenvalue weighted by atomic mass is 16.5. The van der Waals surface area contributed by atoms with E-state index in [1.54, 1.807) is 25.6 Å². The molecule has 2 aromatic heterocycles. The number of ether oxygens (including phenoxy) is 1. The molecular formula is C13H14N4O. The third-order valence-corrected chi connectivity index (χ3v) is 2.79. The summed E-state index contributed by atoms with van der Waals surface area (Å²) < 4.78 is 5.03. The summed E-state index contributed by atoms with van der Waals surface area (Å²) in [4.78, 5) is 12.9. The van der Waals surface area contributed by atoms with Crippen LogP contribution in [0.15, 0.2) is 30.6 Å². The first kappa shape index (κ1) is 11.0. The SMILES string of the molecule is COc1ccc(-c2nccc(NC3CC3)n2)cn1. The van der Waals surface area contributed by atoms with Crippen LogP contribution in [-0.4, -0.2) is 28.1 Å². The minimum absolute atomic E-state index is 0.585. The summed E-state index contributed by atoms with van der Waals surface area (Å²) in [6.07, 6.45) is 5.93. The molecule has 0 aromatic carbocycles. The lowest BCUT2D eigenvalue weighted by Gasteiger charge is -2.05. The van der Waals surface area contributed by atoms with Gasteiger partial charge in [0.2, 0.25) is 5.88 Å². The van der Waals surface area contributed by atoms with Crippen molar-refractivity contribution in [3.63, 3.8) is 0 Å². The molecule has 2 aromatic rings. The predicted molar refractivity (Wildman–Crippen MR) is 68.5 cm³/mol. The minimum atomic E-state index is 0.585. The number of hydrogen-bond donors (Lipinski definition) is 1. The van der Waals surface area contributed by atoms with Crippen molar-refractivity contribution in [2.24, 2.45) is 0 Å². The smallest absolute Gasteiger partial charge is 0.212 e. The zero-order valence-electron chi connectivity index (χ0n) is 10.1. The molecule has 3 rings (SSSR count). The number of nitrogens with zero attached hydrogens (tertiary/aromatic N) is 3. The van der Waals surface area contributed by atoms with Gasteiger partial charge in [0.1, 0.15) is 5.82 Å². The normalized spacial score (nSPS) is 14.3. The Labute approximate surface area is 105 Å². The van der Waals surface area contributed by atoms with Crippen LogP contribution in [0.3, 0.4) is 0 Å². The monoisotopic (exact) mass is 242 g/mol. The molecule has 5 nitrogen and oxygen atoms in total. The average molecular weight is 242 g/mol. The van der Waals surface area contributed by atoms with Gasteiger partial charge in [-0.3, -0.25) is 0 Å². The molecule has 0 spiro atoms. The Morgan fingerprint density at radius 2 is 2.11 bits per heavy atom. The van der Waals surface area contributed by atoms with Crippen LogP contribution < -0.4 is 10.1 Å². The van der Waals surface area contributed by atoms with Gasteiger partial charge in [-0.1, -0.05) is 0 Å². The molecule has 18 heavy (non-hydrogen) atoms. The zero-order valence-corrected chi connectivity index (χ0v) is 10.1. The van der Waals surface area contributed by atoms with Crippen molar-refractivity contribution in [1.82, 2.24) is 15.0 Å². The Bertz CT molecular complexity index is 537. The van der Waals surface area contributed by atoms with E-state index in [0.29, 0.717) is 17.7 Å². The van der Waals surface area contributed by atoms with Crippen LogP contribution in [0.2, 0.25) is 0 Å². The van der Waals surface area contributed by atoms with Gasteiger partial charge >= 0.3 is 0 Å². The van der Waals surface area contributed by atoms with Crippen molar-refractivity contribution in [3.8, 4) is 17.3 Å². The fraction of sp³-hybridized carbons (Fsp3) is 0.308. The first-order valence-electron chi connectivity index (χ1n) is 5.95. The van der Waals surface area contributed by atoms with E-state index in [-0.39, 0.29) is 0 Å². The van der Waals surface area contributed by atoms with Gasteiger partial charge in [0.15, 0.2) is 5.82 Å². The van der Waals surface area contributed by atoms with E-state index in [2.05, 4.69) is 20.3 Å². The molecule has 0 radical (unpaired) electrons. The maximum absolute atomic E-state index is 5.03. The summed E-state index contributed by atoms with van der Waals surface area (Å²) in [7, 11) is 1.60. The second-order valence-electron chi connectivity index (χ2n) is 4.27. The summed E-state index contributed by atoms with van der Waals surface area (Å²) in [6, 6.07) is 6.18. The second kappa shape index (κ2) is 4.60. The minimum Gasteiger partial charge on any atom is -0.481 e. The van der Waals surface area contributed by atoms with E-state index in [1.807, 2.05) is 12.1 Å². The van der Waals surface area contributed by atoms with E-state index in [1.165, 1.54) is 12.8 Å². The molecule has 0 bridgehead atoms. The average Bonchev–Trinajstić information content (AvgIpc) is 3.23. The van der Waals surface area contributed by atoms with Crippen LogP contribution in [0.5, 0.6) is 5.88 Å². The lowest BCUT2D eigenvalue weighted by molar-refractivity contribution is 0.398. The van der Waals surface area contributed by atoms with Gasteiger partial charge in [-0.05, 0) is 25.0 Å². The van der Waals surface area contributed by atoms with E-state index in [0.717, 1.165) is 11.4 Å². The zero-order chi connectivity index (χ0) is 12.4. The van der Waals surface area contributed by atoms with Crippen molar-refractivity contribution in [2.45, 2.75) is 18.9 Å². The number of hydrogen-bond acceptors (Lipinski definition) is 5. The van der Waals surface area contributed by atoms with Crippen LogP contribution in [0.4, 0.5) is 5.82 Å². The Hall–Kier alpha value is -2.17. The van der Waals surface area contributed by atoms with E-state index in [9.17, 15) is 0 Å². The van der Waals surface area contributed by atoms with Crippen molar-refractivity contribution in [3.05, 3.63) is 30.6 Å². The van der Waals surface area contributed by atoms with Crippen LogP contribution in [0.25, 0.3) is 11.4 Å². The molecule has 1 saturated carbocycles. The maximum Gasteiger partial charge on any atom is 0.212 e. The standard InChI is InChI=1S/C13H14N4O/c1-18-12-5-2-9(8-15-12)13-14-7-6-11(17-13)16-10-3-4-10/h2,5-8,10H,3-4H2,1H3,(H,14,16,17). The molecule has 2 heterocycles. The fourth-order valence-corrected chi connectivity index (χ4v) is 1.65. The number of aromatic nitrogens is 3. The molecule has 0 aliphatic heterocycles. The van der Waals surface area contributed by atoms with E-state index in [4.69, 9.17) is 4.74 Å². The van der Waals surface area contributed by atoms with Crippen LogP contribution >= 0.6 is 0 Å². The molecule has 0 atom stereocenters. The molecule has 1 N–H and O–H groups in total. The van der Waals surface area contributed by atoms with Crippen LogP contribution in [0, 0.1) is 0 Å². The molecule has 0 amide bonds. The third-order valence-electron chi connectivity index (χ3n) is 2.79. The summed E-state index contributed by atoms with van der Waals surface area (Å²) in [5, 5.41) is 3.35. The second-order valence-corrected chi connectivity index (χ2v) is 4.27. The molecule has 92 valence electrons. The van der Waals surface area contributed by atoms with E-state index >= 15 is 0 Å². The Balaban J connectivity index is 1.84. The molecule has 5 heteroatoms. The van der Waals surface area contributed by atoms with Crippen LogP contribution in [0.1, 0.15) is 12.8 Å². The predicted octanol–water partition coefficient (Wildman–Crippen LogP) is 2.12. The highest BCUT2D eigenvalue weighted by Crippen LogP contribution is 2.24. The Kier molecular flexibility index (Phi) is 2.80. The number of rotatable bonds is 4. The third kappa shape index (κ3) is 2.40. The van der Waals surface area contributed by atoms with Gasteiger partial charge in [-0.2, -0.15) is 0 Å². The van der Waals surface area contributed by atoms with Crippen molar-refractivity contribution in [2.75, 3.05) is 12.4 Å². The fourth-order valence-electron chi connectivity index (χ4n) is 1.65.